The third kappa shape index (κ3) is 5.79. The van der Waals surface area contributed by atoms with E-state index in [1.807, 2.05) is 0 Å². The first-order valence-electron chi connectivity index (χ1n) is 8.20. The molecular formula is C17H26O5. The molecular weight excluding hydrogens is 284 g/mol. The van der Waals surface area contributed by atoms with E-state index in [0.29, 0.717) is 43.3 Å². The predicted octanol–water partition coefficient (Wildman–Crippen LogP) is 2.78. The SMILES string of the molecule is C=C(C)C(=O)OCCCCCC(=O)OCC1CCC2OC2C1. The van der Waals surface area contributed by atoms with Crippen LogP contribution in [0.25, 0.3) is 0 Å². The number of unbranched alkanes of at least 4 members (excludes halogenated alkanes) is 2. The second-order valence-electron chi connectivity index (χ2n) is 6.30. The van der Waals surface area contributed by atoms with Crippen LogP contribution in [0.3, 0.4) is 0 Å². The van der Waals surface area contributed by atoms with Gasteiger partial charge in [0.2, 0.25) is 0 Å². The summed E-state index contributed by atoms with van der Waals surface area (Å²) in [6, 6.07) is 0. The van der Waals surface area contributed by atoms with E-state index in [-0.39, 0.29) is 11.9 Å². The Labute approximate surface area is 132 Å². The minimum Gasteiger partial charge on any atom is -0.465 e. The third-order valence-electron chi connectivity index (χ3n) is 4.20. The minimum atomic E-state index is -0.353. The van der Waals surface area contributed by atoms with Gasteiger partial charge in [0.05, 0.1) is 25.4 Å². The molecule has 2 fully saturated rings. The van der Waals surface area contributed by atoms with Crippen LogP contribution < -0.4 is 0 Å². The molecule has 1 saturated heterocycles. The molecule has 0 amide bonds. The van der Waals surface area contributed by atoms with Crippen LogP contribution >= 0.6 is 0 Å². The molecule has 0 aromatic rings. The second kappa shape index (κ2) is 8.32. The number of rotatable bonds is 9. The number of fused-ring (bicyclic) bond motifs is 1. The normalized spacial score (nSPS) is 26.0. The number of ether oxygens (including phenoxy) is 3. The van der Waals surface area contributed by atoms with E-state index in [1.54, 1.807) is 6.92 Å². The van der Waals surface area contributed by atoms with Gasteiger partial charge in [-0.05, 0) is 51.4 Å². The molecule has 1 saturated carbocycles. The number of hydrogen-bond donors (Lipinski definition) is 0. The lowest BCUT2D eigenvalue weighted by molar-refractivity contribution is -0.145. The van der Waals surface area contributed by atoms with Gasteiger partial charge >= 0.3 is 11.9 Å². The largest absolute Gasteiger partial charge is 0.465 e. The van der Waals surface area contributed by atoms with Crippen molar-refractivity contribution in [2.24, 2.45) is 5.92 Å². The highest BCUT2D eigenvalue weighted by Crippen LogP contribution is 2.39. The summed E-state index contributed by atoms with van der Waals surface area (Å²) >= 11 is 0. The van der Waals surface area contributed by atoms with Crippen LogP contribution in [0.5, 0.6) is 0 Å². The minimum absolute atomic E-state index is 0.127. The quantitative estimate of drug-likeness (QED) is 0.283. The van der Waals surface area contributed by atoms with Crippen molar-refractivity contribution in [2.75, 3.05) is 13.2 Å². The molecule has 2 rings (SSSR count). The molecule has 5 heteroatoms. The smallest absolute Gasteiger partial charge is 0.333 e. The Morgan fingerprint density at radius 1 is 1.14 bits per heavy atom. The van der Waals surface area contributed by atoms with Crippen molar-refractivity contribution in [3.8, 4) is 0 Å². The van der Waals surface area contributed by atoms with Gasteiger partial charge in [0.15, 0.2) is 0 Å². The molecule has 0 bridgehead atoms. The maximum atomic E-state index is 11.7. The topological polar surface area (TPSA) is 65.1 Å². The van der Waals surface area contributed by atoms with Crippen molar-refractivity contribution in [1.29, 1.82) is 0 Å². The number of esters is 2. The van der Waals surface area contributed by atoms with Crippen molar-refractivity contribution in [2.45, 2.75) is 64.1 Å². The molecule has 3 atom stereocenters. The van der Waals surface area contributed by atoms with Crippen molar-refractivity contribution < 1.29 is 23.8 Å². The summed E-state index contributed by atoms with van der Waals surface area (Å²) in [5, 5.41) is 0. The first kappa shape index (κ1) is 17.0. The lowest BCUT2D eigenvalue weighted by Crippen LogP contribution is -2.20. The van der Waals surface area contributed by atoms with Gasteiger partial charge in [-0.15, -0.1) is 0 Å². The molecule has 0 aromatic heterocycles. The zero-order chi connectivity index (χ0) is 15.9. The van der Waals surface area contributed by atoms with Gasteiger partial charge < -0.3 is 14.2 Å². The van der Waals surface area contributed by atoms with Gasteiger partial charge in [-0.3, -0.25) is 4.79 Å². The van der Waals surface area contributed by atoms with E-state index in [9.17, 15) is 9.59 Å². The zero-order valence-corrected chi connectivity index (χ0v) is 13.3. The highest BCUT2D eigenvalue weighted by molar-refractivity contribution is 5.86. The Balaban J connectivity index is 1.42. The molecule has 2 aliphatic rings. The fourth-order valence-electron chi connectivity index (χ4n) is 2.76. The molecule has 5 nitrogen and oxygen atoms in total. The summed E-state index contributed by atoms with van der Waals surface area (Å²) in [7, 11) is 0. The van der Waals surface area contributed by atoms with E-state index in [0.717, 1.165) is 38.5 Å². The van der Waals surface area contributed by atoms with E-state index >= 15 is 0 Å². The summed E-state index contributed by atoms with van der Waals surface area (Å²) in [6.07, 6.45) is 6.97. The van der Waals surface area contributed by atoms with E-state index in [1.165, 1.54) is 0 Å². The summed E-state index contributed by atoms with van der Waals surface area (Å²) in [4.78, 5) is 22.8. The van der Waals surface area contributed by atoms with Crippen LogP contribution in [0.15, 0.2) is 12.2 Å². The van der Waals surface area contributed by atoms with Gasteiger partial charge in [0, 0.05) is 12.0 Å². The van der Waals surface area contributed by atoms with E-state index < -0.39 is 0 Å². The highest BCUT2D eigenvalue weighted by Gasteiger charge is 2.43. The van der Waals surface area contributed by atoms with E-state index in [4.69, 9.17) is 14.2 Å². The van der Waals surface area contributed by atoms with Crippen LogP contribution in [0.1, 0.15) is 51.9 Å². The summed E-state index contributed by atoms with van der Waals surface area (Å²) in [5.41, 5.74) is 0.411. The average Bonchev–Trinajstić information content (AvgIpc) is 3.26. The van der Waals surface area contributed by atoms with Crippen LogP contribution in [0.2, 0.25) is 0 Å². The molecule has 0 spiro atoms. The average molecular weight is 310 g/mol. The Morgan fingerprint density at radius 3 is 2.68 bits per heavy atom. The molecule has 3 unspecified atom stereocenters. The number of hydrogen-bond acceptors (Lipinski definition) is 5. The fraction of sp³-hybridized carbons (Fsp3) is 0.765. The Bertz CT molecular complexity index is 417. The fourth-order valence-corrected chi connectivity index (χ4v) is 2.76. The van der Waals surface area contributed by atoms with Gasteiger partial charge in [0.25, 0.3) is 0 Å². The number of carbonyl (C=O) groups is 2. The maximum Gasteiger partial charge on any atom is 0.333 e. The summed E-state index contributed by atoms with van der Waals surface area (Å²) < 4.78 is 15.8. The van der Waals surface area contributed by atoms with Crippen molar-refractivity contribution in [3.63, 3.8) is 0 Å². The molecule has 1 aliphatic heterocycles. The molecule has 0 N–H and O–H groups in total. The van der Waals surface area contributed by atoms with Crippen LogP contribution in [0, 0.1) is 5.92 Å². The molecule has 0 radical (unpaired) electrons. The first-order chi connectivity index (χ1) is 10.6. The Kier molecular flexibility index (Phi) is 6.43. The standard InChI is InChI=1S/C17H26O5/c1-12(2)17(19)20-9-5-3-4-6-16(18)21-11-13-7-8-14-15(10-13)22-14/h13-15H,1,3-11H2,2H3. The van der Waals surface area contributed by atoms with E-state index in [2.05, 4.69) is 6.58 Å². The monoisotopic (exact) mass is 310 g/mol. The van der Waals surface area contributed by atoms with Crippen LogP contribution in [-0.4, -0.2) is 37.4 Å². The molecule has 0 aromatic carbocycles. The summed E-state index contributed by atoms with van der Waals surface area (Å²) in [5.74, 6) is -0.0132. The summed E-state index contributed by atoms with van der Waals surface area (Å²) in [6.45, 7) is 6.05. The van der Waals surface area contributed by atoms with Crippen molar-refractivity contribution in [3.05, 3.63) is 12.2 Å². The van der Waals surface area contributed by atoms with Gasteiger partial charge in [-0.2, -0.15) is 0 Å². The lowest BCUT2D eigenvalue weighted by Gasteiger charge is -2.18. The van der Waals surface area contributed by atoms with Crippen LogP contribution in [0.4, 0.5) is 0 Å². The Hall–Kier alpha value is -1.36. The maximum absolute atomic E-state index is 11.7. The zero-order valence-electron chi connectivity index (χ0n) is 13.3. The molecule has 1 heterocycles. The lowest BCUT2D eigenvalue weighted by atomic mass is 9.90. The second-order valence-corrected chi connectivity index (χ2v) is 6.30. The van der Waals surface area contributed by atoms with Crippen LogP contribution in [-0.2, 0) is 23.8 Å². The van der Waals surface area contributed by atoms with Gasteiger partial charge in [-0.1, -0.05) is 6.58 Å². The molecule has 1 aliphatic carbocycles. The Morgan fingerprint density at radius 2 is 1.95 bits per heavy atom. The van der Waals surface area contributed by atoms with Crippen molar-refractivity contribution >= 4 is 11.9 Å². The number of carbonyl (C=O) groups excluding carboxylic acids is 2. The van der Waals surface area contributed by atoms with Gasteiger partial charge in [0.1, 0.15) is 0 Å². The van der Waals surface area contributed by atoms with Crippen molar-refractivity contribution in [1.82, 2.24) is 0 Å². The predicted molar refractivity (Wildman–Crippen MR) is 81.2 cm³/mol. The van der Waals surface area contributed by atoms with Gasteiger partial charge in [-0.25, -0.2) is 4.79 Å². The third-order valence-corrected chi connectivity index (χ3v) is 4.20. The number of epoxide rings is 1. The molecule has 124 valence electrons. The highest BCUT2D eigenvalue weighted by atomic mass is 16.6. The molecule has 22 heavy (non-hydrogen) atoms. The first-order valence-corrected chi connectivity index (χ1v) is 8.20.